The Morgan fingerprint density at radius 1 is 1.06 bits per heavy atom. The van der Waals surface area contributed by atoms with Crippen LogP contribution in [0, 0.1) is 0 Å². The smallest absolute Gasteiger partial charge is 0.222 e. The molecule has 0 unspecified atom stereocenters. The molecule has 0 saturated carbocycles. The van der Waals surface area contributed by atoms with Gasteiger partial charge in [0.25, 0.3) is 0 Å². The molecule has 16 heavy (non-hydrogen) atoms. The lowest BCUT2D eigenvalue weighted by molar-refractivity contribution is 0.554. The highest BCUT2D eigenvalue weighted by Crippen LogP contribution is 2.24. The Balaban J connectivity index is 2.38. The molecule has 0 saturated heterocycles. The zero-order valence-electron chi connectivity index (χ0n) is 9.82. The minimum atomic E-state index is 0.707. The van der Waals surface area contributed by atoms with Gasteiger partial charge in [0.15, 0.2) is 5.76 Å². The van der Waals surface area contributed by atoms with Gasteiger partial charge in [-0.25, -0.2) is 4.98 Å². The summed E-state index contributed by atoms with van der Waals surface area (Å²) in [5.41, 5.74) is 3.38. The van der Waals surface area contributed by atoms with Crippen molar-refractivity contribution in [2.75, 3.05) is 0 Å². The molecule has 2 aromatic rings. The van der Waals surface area contributed by atoms with E-state index in [2.05, 4.69) is 18.8 Å². The van der Waals surface area contributed by atoms with Gasteiger partial charge in [0.2, 0.25) is 5.89 Å². The first kappa shape index (κ1) is 10.7. The number of oxazole rings is 1. The van der Waals surface area contributed by atoms with E-state index >= 15 is 0 Å². The first-order valence-electron chi connectivity index (χ1n) is 5.34. The van der Waals surface area contributed by atoms with E-state index in [9.17, 15) is 0 Å². The van der Waals surface area contributed by atoms with Crippen molar-refractivity contribution in [3.8, 4) is 11.3 Å². The lowest BCUT2D eigenvalue weighted by Crippen LogP contribution is -1.80. The molecule has 82 valence electrons. The molecule has 1 aromatic heterocycles. The molecule has 2 rings (SSSR count). The van der Waals surface area contributed by atoms with E-state index in [0.29, 0.717) is 5.89 Å². The van der Waals surface area contributed by atoms with E-state index in [1.807, 2.05) is 37.3 Å². The Kier molecular flexibility index (Phi) is 2.91. The maximum atomic E-state index is 5.72. The van der Waals surface area contributed by atoms with Crippen molar-refractivity contribution in [2.24, 2.45) is 0 Å². The molecule has 0 spiro atoms. The van der Waals surface area contributed by atoms with Gasteiger partial charge < -0.3 is 4.42 Å². The number of nitrogens with zero attached hydrogens (tertiary/aromatic N) is 1. The second kappa shape index (κ2) is 4.35. The predicted molar refractivity (Wildman–Crippen MR) is 65.9 cm³/mol. The Bertz CT molecular complexity index is 505. The molecule has 0 aliphatic rings. The molecule has 0 atom stereocenters. The Morgan fingerprint density at radius 3 is 2.38 bits per heavy atom. The number of aromatic nitrogens is 1. The summed E-state index contributed by atoms with van der Waals surface area (Å²) in [6, 6.07) is 10.0. The molecule has 0 amide bonds. The van der Waals surface area contributed by atoms with E-state index in [-0.39, 0.29) is 0 Å². The van der Waals surface area contributed by atoms with Gasteiger partial charge >= 0.3 is 0 Å². The molecule has 0 bridgehead atoms. The zero-order valence-corrected chi connectivity index (χ0v) is 9.82. The molecular weight excluding hydrogens is 198 g/mol. The van der Waals surface area contributed by atoms with Gasteiger partial charge in [0, 0.05) is 11.1 Å². The monoisotopic (exact) mass is 213 g/mol. The van der Waals surface area contributed by atoms with Crippen molar-refractivity contribution in [2.45, 2.75) is 20.8 Å². The van der Waals surface area contributed by atoms with Crippen LogP contribution in [-0.2, 0) is 0 Å². The highest BCUT2D eigenvalue weighted by atomic mass is 16.4. The summed E-state index contributed by atoms with van der Waals surface area (Å²) in [6.07, 6.45) is 1.77. The van der Waals surface area contributed by atoms with Gasteiger partial charge in [0.05, 0.1) is 6.20 Å². The maximum Gasteiger partial charge on any atom is 0.222 e. The number of hydrogen-bond acceptors (Lipinski definition) is 2. The molecule has 0 N–H and O–H groups in total. The van der Waals surface area contributed by atoms with Gasteiger partial charge in [-0.15, -0.1) is 0 Å². The lowest BCUT2D eigenvalue weighted by atomic mass is 10.2. The van der Waals surface area contributed by atoms with Gasteiger partial charge in [-0.3, -0.25) is 0 Å². The molecule has 0 aliphatic heterocycles. The average molecular weight is 213 g/mol. The van der Waals surface area contributed by atoms with Crippen LogP contribution in [0.2, 0.25) is 0 Å². The first-order valence-corrected chi connectivity index (χ1v) is 5.34. The predicted octanol–water partition coefficient (Wildman–Crippen LogP) is 4.15. The zero-order chi connectivity index (χ0) is 11.5. The molecule has 0 aliphatic carbocycles. The van der Waals surface area contributed by atoms with E-state index in [4.69, 9.17) is 4.42 Å². The second-order valence-electron chi connectivity index (χ2n) is 4.02. The molecule has 0 fully saturated rings. The van der Waals surface area contributed by atoms with Gasteiger partial charge in [-0.05, 0) is 20.8 Å². The van der Waals surface area contributed by atoms with E-state index in [1.165, 1.54) is 5.57 Å². The summed E-state index contributed by atoms with van der Waals surface area (Å²) < 4.78 is 5.72. The topological polar surface area (TPSA) is 26.0 Å². The molecule has 0 radical (unpaired) electrons. The summed E-state index contributed by atoms with van der Waals surface area (Å²) in [7, 11) is 0. The summed E-state index contributed by atoms with van der Waals surface area (Å²) in [4.78, 5) is 4.29. The van der Waals surface area contributed by atoms with E-state index < -0.39 is 0 Å². The first-order chi connectivity index (χ1) is 7.68. The highest BCUT2D eigenvalue weighted by molar-refractivity contribution is 5.62. The molecule has 1 heterocycles. The Labute approximate surface area is 95.6 Å². The number of benzene rings is 1. The summed E-state index contributed by atoms with van der Waals surface area (Å²) in [5, 5.41) is 0. The van der Waals surface area contributed by atoms with Crippen molar-refractivity contribution in [3.05, 3.63) is 48.0 Å². The standard InChI is InChI=1S/C14H15NO/c1-10(2)11(3)14-15-9-13(16-14)12-7-5-4-6-8-12/h4-9H,1-3H3. The van der Waals surface area contributed by atoms with Crippen molar-refractivity contribution < 1.29 is 4.42 Å². The SMILES string of the molecule is CC(C)=C(C)c1ncc(-c2ccccc2)o1. The fraction of sp³-hybridized carbons (Fsp3) is 0.214. The van der Waals surface area contributed by atoms with Crippen molar-refractivity contribution in [1.29, 1.82) is 0 Å². The summed E-state index contributed by atoms with van der Waals surface area (Å²) in [5.74, 6) is 1.52. The molecule has 2 nitrogen and oxygen atoms in total. The minimum Gasteiger partial charge on any atom is -0.437 e. The van der Waals surface area contributed by atoms with Crippen LogP contribution in [-0.4, -0.2) is 4.98 Å². The molecule has 1 aromatic carbocycles. The minimum absolute atomic E-state index is 0.707. The van der Waals surface area contributed by atoms with Crippen molar-refractivity contribution >= 4 is 5.57 Å². The summed E-state index contributed by atoms with van der Waals surface area (Å²) >= 11 is 0. The van der Waals surface area contributed by atoms with Crippen LogP contribution in [0.5, 0.6) is 0 Å². The third-order valence-electron chi connectivity index (χ3n) is 2.63. The van der Waals surface area contributed by atoms with Crippen LogP contribution in [0.4, 0.5) is 0 Å². The van der Waals surface area contributed by atoms with Crippen LogP contribution in [0.1, 0.15) is 26.7 Å². The number of hydrogen-bond donors (Lipinski definition) is 0. The van der Waals surface area contributed by atoms with Crippen LogP contribution in [0.3, 0.4) is 0 Å². The van der Waals surface area contributed by atoms with E-state index in [1.54, 1.807) is 6.20 Å². The van der Waals surface area contributed by atoms with Crippen LogP contribution in [0.25, 0.3) is 16.9 Å². The maximum absolute atomic E-state index is 5.72. The van der Waals surface area contributed by atoms with Crippen molar-refractivity contribution in [3.63, 3.8) is 0 Å². The number of allylic oxidation sites excluding steroid dienone is 2. The lowest BCUT2D eigenvalue weighted by Gasteiger charge is -1.98. The molecule has 2 heteroatoms. The molecular formula is C14H15NO. The highest BCUT2D eigenvalue weighted by Gasteiger charge is 2.07. The van der Waals surface area contributed by atoms with E-state index in [0.717, 1.165) is 16.9 Å². The fourth-order valence-electron chi connectivity index (χ4n) is 1.40. The quantitative estimate of drug-likeness (QED) is 0.748. The second-order valence-corrected chi connectivity index (χ2v) is 4.02. The normalized spacial score (nSPS) is 10.2. The van der Waals surface area contributed by atoms with Crippen LogP contribution < -0.4 is 0 Å². The van der Waals surface area contributed by atoms with Crippen LogP contribution >= 0.6 is 0 Å². The third-order valence-corrected chi connectivity index (χ3v) is 2.63. The van der Waals surface area contributed by atoms with Crippen molar-refractivity contribution in [1.82, 2.24) is 4.98 Å². The average Bonchev–Trinajstić information content (AvgIpc) is 2.78. The van der Waals surface area contributed by atoms with Gasteiger partial charge in [-0.1, -0.05) is 35.9 Å². The number of rotatable bonds is 2. The third kappa shape index (κ3) is 2.06. The fourth-order valence-corrected chi connectivity index (χ4v) is 1.40. The van der Waals surface area contributed by atoms with Crippen LogP contribution in [0.15, 0.2) is 46.5 Å². The summed E-state index contributed by atoms with van der Waals surface area (Å²) in [6.45, 7) is 6.14. The Hall–Kier alpha value is -1.83. The van der Waals surface area contributed by atoms with Gasteiger partial charge in [0.1, 0.15) is 0 Å². The van der Waals surface area contributed by atoms with Gasteiger partial charge in [-0.2, -0.15) is 0 Å². The largest absolute Gasteiger partial charge is 0.437 e. The Morgan fingerprint density at radius 2 is 1.75 bits per heavy atom.